The molecule has 2 fully saturated rings. The van der Waals surface area contributed by atoms with Crippen molar-refractivity contribution < 1.29 is 4.74 Å². The molecule has 2 aliphatic carbocycles. The highest BCUT2D eigenvalue weighted by Crippen LogP contribution is 2.38. The average Bonchev–Trinajstić information content (AvgIpc) is 3.37. The Bertz CT molecular complexity index is 456. The fraction of sp³-hybridized carbons (Fsp3) is 0.750. The minimum absolute atomic E-state index is 0.473. The third kappa shape index (κ3) is 4.30. The van der Waals surface area contributed by atoms with E-state index in [0.717, 1.165) is 30.6 Å². The van der Waals surface area contributed by atoms with Crippen LogP contribution in [0.2, 0.25) is 0 Å². The Balaban J connectivity index is 1.46. The minimum atomic E-state index is 0.473. The van der Waals surface area contributed by atoms with Crippen LogP contribution in [0.3, 0.4) is 0 Å². The first-order valence-electron chi connectivity index (χ1n) is 8.27. The normalized spacial score (nSPS) is 19.5. The van der Waals surface area contributed by atoms with E-state index in [4.69, 9.17) is 4.74 Å². The van der Waals surface area contributed by atoms with Gasteiger partial charge in [-0.05, 0) is 25.7 Å². The van der Waals surface area contributed by atoms with Crippen LogP contribution >= 0.6 is 0 Å². The summed E-state index contributed by atoms with van der Waals surface area (Å²) < 4.78 is 5.93. The monoisotopic (exact) mass is 290 g/mol. The predicted octanol–water partition coefficient (Wildman–Crippen LogP) is 3.16. The van der Waals surface area contributed by atoms with Gasteiger partial charge in [-0.2, -0.15) is 0 Å². The highest BCUT2D eigenvalue weighted by molar-refractivity contribution is 5.47. The smallest absolute Gasteiger partial charge is 0.136 e. The van der Waals surface area contributed by atoms with Gasteiger partial charge in [0, 0.05) is 25.6 Å². The summed E-state index contributed by atoms with van der Waals surface area (Å²) in [7, 11) is 1.90. The molecule has 0 radical (unpaired) electrons. The molecule has 1 aromatic heterocycles. The number of nitrogens with one attached hydrogen (secondary N) is 2. The molecule has 0 aliphatic heterocycles. The van der Waals surface area contributed by atoms with Crippen molar-refractivity contribution in [1.82, 2.24) is 9.97 Å². The van der Waals surface area contributed by atoms with E-state index in [1.165, 1.54) is 44.9 Å². The Hall–Kier alpha value is -1.36. The van der Waals surface area contributed by atoms with Crippen molar-refractivity contribution in [2.24, 2.45) is 0 Å². The summed E-state index contributed by atoms with van der Waals surface area (Å²) in [5, 5.41) is 6.48. The van der Waals surface area contributed by atoms with Gasteiger partial charge in [-0.25, -0.2) is 9.97 Å². The lowest BCUT2D eigenvalue weighted by Crippen LogP contribution is -2.21. The Labute approximate surface area is 126 Å². The number of nitrogens with zero attached hydrogens (tertiary/aromatic N) is 2. The molecule has 0 amide bonds. The van der Waals surface area contributed by atoms with Crippen LogP contribution < -0.4 is 10.6 Å². The fourth-order valence-electron chi connectivity index (χ4n) is 2.85. The summed E-state index contributed by atoms with van der Waals surface area (Å²) >= 11 is 0. The van der Waals surface area contributed by atoms with E-state index in [9.17, 15) is 0 Å². The summed E-state index contributed by atoms with van der Waals surface area (Å²) in [4.78, 5) is 9.13. The molecule has 0 unspecified atom stereocenters. The lowest BCUT2D eigenvalue weighted by molar-refractivity contribution is 0.0347. The Morgan fingerprint density at radius 1 is 1.10 bits per heavy atom. The molecule has 0 spiro atoms. The second-order valence-electron chi connectivity index (χ2n) is 6.08. The van der Waals surface area contributed by atoms with E-state index in [1.54, 1.807) is 0 Å². The number of hydrogen-bond donors (Lipinski definition) is 2. The molecule has 5 nitrogen and oxygen atoms in total. The molecule has 2 saturated carbocycles. The van der Waals surface area contributed by atoms with Gasteiger partial charge in [0.05, 0.1) is 12.7 Å². The SMILES string of the molecule is CNc1cc(NCCOC2CCCCC2)nc(C2CC2)n1. The lowest BCUT2D eigenvalue weighted by atomic mass is 9.98. The van der Waals surface area contributed by atoms with Crippen LogP contribution in [0.15, 0.2) is 6.07 Å². The van der Waals surface area contributed by atoms with Crippen LogP contribution in [0.1, 0.15) is 56.7 Å². The summed E-state index contributed by atoms with van der Waals surface area (Å²) in [5.41, 5.74) is 0. The number of rotatable bonds is 7. The highest BCUT2D eigenvalue weighted by atomic mass is 16.5. The van der Waals surface area contributed by atoms with Gasteiger partial charge in [0.25, 0.3) is 0 Å². The number of hydrogen-bond acceptors (Lipinski definition) is 5. The number of anilines is 2. The van der Waals surface area contributed by atoms with Gasteiger partial charge in [0.1, 0.15) is 17.5 Å². The van der Waals surface area contributed by atoms with E-state index < -0.39 is 0 Å². The van der Waals surface area contributed by atoms with Crippen LogP contribution in [-0.4, -0.2) is 36.3 Å². The fourth-order valence-corrected chi connectivity index (χ4v) is 2.85. The lowest BCUT2D eigenvalue weighted by Gasteiger charge is -2.22. The van der Waals surface area contributed by atoms with Gasteiger partial charge in [-0.3, -0.25) is 0 Å². The first-order chi connectivity index (χ1) is 10.3. The molecule has 0 atom stereocenters. The van der Waals surface area contributed by atoms with Crippen LogP contribution in [0.5, 0.6) is 0 Å². The maximum absolute atomic E-state index is 5.93. The summed E-state index contributed by atoms with van der Waals surface area (Å²) in [6.07, 6.45) is 9.37. The van der Waals surface area contributed by atoms with Crippen LogP contribution in [0, 0.1) is 0 Å². The van der Waals surface area contributed by atoms with Crippen molar-refractivity contribution in [3.05, 3.63) is 11.9 Å². The van der Waals surface area contributed by atoms with E-state index in [-0.39, 0.29) is 0 Å². The maximum Gasteiger partial charge on any atom is 0.136 e. The van der Waals surface area contributed by atoms with Crippen molar-refractivity contribution in [3.8, 4) is 0 Å². The molecular weight excluding hydrogens is 264 g/mol. The van der Waals surface area contributed by atoms with Gasteiger partial charge < -0.3 is 15.4 Å². The van der Waals surface area contributed by atoms with Crippen molar-refractivity contribution >= 4 is 11.6 Å². The topological polar surface area (TPSA) is 59.1 Å². The van der Waals surface area contributed by atoms with Crippen LogP contribution in [0.4, 0.5) is 11.6 Å². The standard InChI is InChI=1S/C16H26N4O/c1-17-14-11-15(20-16(19-14)12-7-8-12)18-9-10-21-13-5-3-2-4-6-13/h11-13H,2-10H2,1H3,(H2,17,18,19,20). The van der Waals surface area contributed by atoms with Gasteiger partial charge in [-0.1, -0.05) is 19.3 Å². The molecule has 2 aliphatic rings. The van der Waals surface area contributed by atoms with Crippen molar-refractivity contribution in [2.75, 3.05) is 30.8 Å². The van der Waals surface area contributed by atoms with Gasteiger partial charge in [0.15, 0.2) is 0 Å². The first kappa shape index (κ1) is 14.6. The highest BCUT2D eigenvalue weighted by Gasteiger charge is 2.27. The molecule has 116 valence electrons. The summed E-state index contributed by atoms with van der Waals surface area (Å²) in [5.74, 6) is 3.33. The second kappa shape index (κ2) is 7.07. The zero-order chi connectivity index (χ0) is 14.5. The molecule has 3 rings (SSSR count). The van der Waals surface area contributed by atoms with Crippen molar-refractivity contribution in [3.63, 3.8) is 0 Å². The van der Waals surface area contributed by atoms with E-state index in [0.29, 0.717) is 12.0 Å². The van der Waals surface area contributed by atoms with Crippen molar-refractivity contribution in [2.45, 2.75) is 57.0 Å². The molecular formula is C16H26N4O. The average molecular weight is 290 g/mol. The molecule has 21 heavy (non-hydrogen) atoms. The Morgan fingerprint density at radius 2 is 1.86 bits per heavy atom. The first-order valence-corrected chi connectivity index (χ1v) is 8.27. The number of aromatic nitrogens is 2. The van der Waals surface area contributed by atoms with Gasteiger partial charge in [-0.15, -0.1) is 0 Å². The largest absolute Gasteiger partial charge is 0.376 e. The zero-order valence-corrected chi connectivity index (χ0v) is 12.9. The quantitative estimate of drug-likeness (QED) is 0.755. The molecule has 2 N–H and O–H groups in total. The third-order valence-corrected chi connectivity index (χ3v) is 4.26. The summed E-state index contributed by atoms with van der Waals surface area (Å²) in [6, 6.07) is 1.96. The molecule has 0 saturated heterocycles. The Morgan fingerprint density at radius 3 is 2.57 bits per heavy atom. The third-order valence-electron chi connectivity index (χ3n) is 4.26. The molecule has 1 aromatic rings. The van der Waals surface area contributed by atoms with Gasteiger partial charge >= 0.3 is 0 Å². The maximum atomic E-state index is 5.93. The van der Waals surface area contributed by atoms with Crippen molar-refractivity contribution in [1.29, 1.82) is 0 Å². The molecule has 1 heterocycles. The summed E-state index contributed by atoms with van der Waals surface area (Å²) in [6.45, 7) is 1.56. The van der Waals surface area contributed by atoms with Gasteiger partial charge in [0.2, 0.25) is 0 Å². The zero-order valence-electron chi connectivity index (χ0n) is 12.9. The van der Waals surface area contributed by atoms with Crippen LogP contribution in [-0.2, 0) is 4.74 Å². The van der Waals surface area contributed by atoms with E-state index >= 15 is 0 Å². The van der Waals surface area contributed by atoms with E-state index in [2.05, 4.69) is 20.6 Å². The molecule has 5 heteroatoms. The molecule has 0 bridgehead atoms. The predicted molar refractivity (Wildman–Crippen MR) is 84.9 cm³/mol. The second-order valence-corrected chi connectivity index (χ2v) is 6.08. The minimum Gasteiger partial charge on any atom is -0.376 e. The van der Waals surface area contributed by atoms with E-state index in [1.807, 2.05) is 13.1 Å². The van der Waals surface area contributed by atoms with Crippen LogP contribution in [0.25, 0.3) is 0 Å². The number of ether oxygens (including phenoxy) is 1. The molecule has 0 aromatic carbocycles. The Kier molecular flexibility index (Phi) is 4.91.